The maximum atomic E-state index is 12.5. The summed E-state index contributed by atoms with van der Waals surface area (Å²) in [6.45, 7) is 3.55. The normalized spacial score (nSPS) is 13.2. The second kappa shape index (κ2) is 6.62. The smallest absolute Gasteiger partial charge is 0.201 e. The lowest BCUT2D eigenvalue weighted by atomic mass is 9.97. The number of allylic oxidation sites excluding steroid dienone is 2. The highest BCUT2D eigenvalue weighted by atomic mass is 16.1. The van der Waals surface area contributed by atoms with Crippen LogP contribution in [0.1, 0.15) is 29.2 Å². The molecular formula is C19H20N2O2. The third-order valence-electron chi connectivity index (χ3n) is 3.79. The maximum Gasteiger partial charge on any atom is 0.201 e. The van der Waals surface area contributed by atoms with Crippen LogP contribution in [0.4, 0.5) is 0 Å². The third-order valence-corrected chi connectivity index (χ3v) is 3.79. The van der Waals surface area contributed by atoms with Gasteiger partial charge in [0.2, 0.25) is 5.78 Å². The highest BCUT2D eigenvalue weighted by Crippen LogP contribution is 2.29. The molecule has 0 bridgehead atoms. The van der Waals surface area contributed by atoms with Crippen molar-refractivity contribution >= 4 is 17.6 Å². The van der Waals surface area contributed by atoms with Crippen LogP contribution in [0.2, 0.25) is 0 Å². The van der Waals surface area contributed by atoms with Crippen molar-refractivity contribution in [1.29, 1.82) is 5.26 Å². The highest BCUT2D eigenvalue weighted by Gasteiger charge is 2.22. The summed E-state index contributed by atoms with van der Waals surface area (Å²) in [7, 11) is 3.56. The molecule has 0 N–H and O–H groups in total. The van der Waals surface area contributed by atoms with E-state index in [1.165, 1.54) is 0 Å². The van der Waals surface area contributed by atoms with E-state index in [4.69, 9.17) is 0 Å². The Hall–Kier alpha value is -2.67. The van der Waals surface area contributed by atoms with Crippen LogP contribution < -0.4 is 0 Å². The molecule has 0 unspecified atom stereocenters. The van der Waals surface area contributed by atoms with Crippen molar-refractivity contribution in [1.82, 2.24) is 4.90 Å². The first-order valence-electron chi connectivity index (χ1n) is 7.47. The minimum absolute atomic E-state index is 0.121. The summed E-state index contributed by atoms with van der Waals surface area (Å²) in [4.78, 5) is 25.5. The zero-order valence-corrected chi connectivity index (χ0v) is 13.9. The first kappa shape index (κ1) is 16.7. The second-order valence-electron chi connectivity index (χ2n) is 6.15. The molecule has 4 heteroatoms. The zero-order chi connectivity index (χ0) is 17.1. The molecule has 0 atom stereocenters. The van der Waals surface area contributed by atoms with Crippen LogP contribution in [-0.4, -0.2) is 30.6 Å². The average molecular weight is 308 g/mol. The summed E-state index contributed by atoms with van der Waals surface area (Å²) in [5.41, 5.74) is 4.84. The van der Waals surface area contributed by atoms with Crippen LogP contribution >= 0.6 is 0 Å². The van der Waals surface area contributed by atoms with Gasteiger partial charge in [0.1, 0.15) is 17.4 Å². The molecule has 118 valence electrons. The molecule has 23 heavy (non-hydrogen) atoms. The quantitative estimate of drug-likeness (QED) is 0.619. The topological polar surface area (TPSA) is 61.2 Å². The van der Waals surface area contributed by atoms with E-state index in [1.807, 2.05) is 31.2 Å². The molecule has 0 aromatic heterocycles. The van der Waals surface area contributed by atoms with E-state index in [0.29, 0.717) is 18.4 Å². The molecule has 1 aliphatic rings. The minimum atomic E-state index is -0.233. The summed E-state index contributed by atoms with van der Waals surface area (Å²) < 4.78 is 0. The Morgan fingerprint density at radius 3 is 2.61 bits per heavy atom. The summed E-state index contributed by atoms with van der Waals surface area (Å²) in [5, 5.41) is 9.18. The van der Waals surface area contributed by atoms with Crippen molar-refractivity contribution < 1.29 is 9.59 Å². The monoisotopic (exact) mass is 308 g/mol. The number of nitrogens with zero attached hydrogens (tertiary/aromatic N) is 2. The van der Waals surface area contributed by atoms with Gasteiger partial charge in [-0.25, -0.2) is 0 Å². The fourth-order valence-electron chi connectivity index (χ4n) is 2.73. The second-order valence-corrected chi connectivity index (χ2v) is 6.15. The number of hydrogen-bond donors (Lipinski definition) is 0. The lowest BCUT2D eigenvalue weighted by Crippen LogP contribution is -2.10. The maximum absolute atomic E-state index is 12.5. The van der Waals surface area contributed by atoms with E-state index in [2.05, 4.69) is 0 Å². The molecule has 1 aromatic rings. The molecular weight excluding hydrogens is 288 g/mol. The molecule has 0 spiro atoms. The molecule has 0 amide bonds. The minimum Gasteiger partial charge on any atom is -0.382 e. The van der Waals surface area contributed by atoms with E-state index >= 15 is 0 Å². The number of aryl methyl sites for hydroxylation is 1. The lowest BCUT2D eigenvalue weighted by Gasteiger charge is -2.08. The van der Waals surface area contributed by atoms with Gasteiger partial charge in [-0.1, -0.05) is 12.1 Å². The average Bonchev–Trinajstić information content (AvgIpc) is 2.86. The van der Waals surface area contributed by atoms with Crippen LogP contribution in [0, 0.1) is 18.3 Å². The molecule has 1 aliphatic carbocycles. The van der Waals surface area contributed by atoms with E-state index in [1.54, 1.807) is 32.1 Å². The van der Waals surface area contributed by atoms with E-state index < -0.39 is 0 Å². The van der Waals surface area contributed by atoms with Gasteiger partial charge in [0.15, 0.2) is 0 Å². The summed E-state index contributed by atoms with van der Waals surface area (Å²) in [5.74, 6) is -0.112. The number of rotatable bonds is 5. The molecule has 0 saturated heterocycles. The zero-order valence-electron chi connectivity index (χ0n) is 13.9. The van der Waals surface area contributed by atoms with E-state index in [0.717, 1.165) is 22.3 Å². The first-order chi connectivity index (χ1) is 10.8. The van der Waals surface area contributed by atoms with Crippen molar-refractivity contribution in [3.8, 4) is 6.07 Å². The number of fused-ring (bicyclic) bond motifs is 1. The van der Waals surface area contributed by atoms with Gasteiger partial charge in [0, 0.05) is 38.7 Å². The van der Waals surface area contributed by atoms with Gasteiger partial charge in [-0.2, -0.15) is 5.26 Å². The third kappa shape index (κ3) is 3.75. The van der Waals surface area contributed by atoms with Crippen LogP contribution in [-0.2, 0) is 22.4 Å². The van der Waals surface area contributed by atoms with Gasteiger partial charge in [-0.3, -0.25) is 9.59 Å². The van der Waals surface area contributed by atoms with E-state index in [9.17, 15) is 14.9 Å². The van der Waals surface area contributed by atoms with Crippen molar-refractivity contribution in [3.63, 3.8) is 0 Å². The van der Waals surface area contributed by atoms with Crippen molar-refractivity contribution in [2.75, 3.05) is 14.1 Å². The Labute approximate surface area is 136 Å². The largest absolute Gasteiger partial charge is 0.382 e. The predicted octanol–water partition coefficient (Wildman–Crippen LogP) is 2.60. The Bertz CT molecular complexity index is 777. The summed E-state index contributed by atoms with van der Waals surface area (Å²) in [6.07, 6.45) is 4.31. The van der Waals surface area contributed by atoms with Crippen LogP contribution in [0.3, 0.4) is 0 Å². The Morgan fingerprint density at radius 1 is 1.35 bits per heavy atom. The number of benzene rings is 1. The molecule has 4 nitrogen and oxygen atoms in total. The van der Waals surface area contributed by atoms with Gasteiger partial charge in [0.05, 0.1) is 0 Å². The Morgan fingerprint density at radius 2 is 2.04 bits per heavy atom. The first-order valence-corrected chi connectivity index (χ1v) is 7.47. The van der Waals surface area contributed by atoms with Gasteiger partial charge in [-0.05, 0) is 42.2 Å². The fraction of sp³-hybridized carbons (Fsp3) is 0.316. The molecule has 0 radical (unpaired) electrons. The van der Waals surface area contributed by atoms with Crippen LogP contribution in [0.25, 0.3) is 6.08 Å². The van der Waals surface area contributed by atoms with Gasteiger partial charge in [-0.15, -0.1) is 0 Å². The SMILES string of the molecule is CC(=O)Cc1cc2c(cc1C)C=C(C(=O)/C(C#N)=C/N(C)C)C2. The Balaban J connectivity index is 2.30. The summed E-state index contributed by atoms with van der Waals surface area (Å²) >= 11 is 0. The number of ketones is 2. The molecule has 0 aliphatic heterocycles. The van der Waals surface area contributed by atoms with E-state index in [-0.39, 0.29) is 17.1 Å². The van der Waals surface area contributed by atoms with Crippen molar-refractivity contribution in [2.24, 2.45) is 0 Å². The highest BCUT2D eigenvalue weighted by molar-refractivity contribution is 6.14. The van der Waals surface area contributed by atoms with Crippen LogP contribution in [0.15, 0.2) is 29.5 Å². The number of Topliss-reactive ketones (excluding diaryl/α,β-unsaturated/α-hetero) is 2. The number of hydrogen-bond acceptors (Lipinski definition) is 4. The molecule has 0 saturated carbocycles. The van der Waals surface area contributed by atoms with Crippen LogP contribution in [0.5, 0.6) is 0 Å². The predicted molar refractivity (Wildman–Crippen MR) is 89.6 cm³/mol. The van der Waals surface area contributed by atoms with Gasteiger partial charge in [0.25, 0.3) is 0 Å². The van der Waals surface area contributed by atoms with Crippen molar-refractivity contribution in [3.05, 3.63) is 51.7 Å². The molecule has 2 rings (SSSR count). The fourth-order valence-corrected chi connectivity index (χ4v) is 2.73. The van der Waals surface area contributed by atoms with Gasteiger partial charge < -0.3 is 4.90 Å². The number of carbonyl (C=O) groups is 2. The van der Waals surface area contributed by atoms with Crippen molar-refractivity contribution in [2.45, 2.75) is 26.7 Å². The Kier molecular flexibility index (Phi) is 4.80. The summed E-state index contributed by atoms with van der Waals surface area (Å²) in [6, 6.07) is 5.98. The molecule has 0 fully saturated rings. The number of carbonyl (C=O) groups excluding carboxylic acids is 2. The lowest BCUT2D eigenvalue weighted by molar-refractivity contribution is -0.116. The number of nitriles is 1. The molecule has 0 heterocycles. The van der Waals surface area contributed by atoms with Gasteiger partial charge >= 0.3 is 0 Å². The molecule has 1 aromatic carbocycles. The standard InChI is InChI=1S/C19H20N2O2/c1-12-5-15-8-17(19(23)18(10-20)11-21(3)4)9-16(15)7-14(12)6-13(2)22/h5,7-8,11H,6,9H2,1-4H3/b18-11+.